The Balaban J connectivity index is 2.14. The molecule has 0 aromatic rings. The zero-order chi connectivity index (χ0) is 26.3. The van der Waals surface area contributed by atoms with Gasteiger partial charge in [0.05, 0.1) is 11.5 Å². The minimum absolute atomic E-state index is 0.0267. The molecule has 0 unspecified atom stereocenters. The molecule has 0 aromatic carbocycles. The van der Waals surface area contributed by atoms with Gasteiger partial charge >= 0.3 is 23.9 Å². The lowest BCUT2D eigenvalue weighted by molar-refractivity contribution is -0.259. The second kappa shape index (κ2) is 9.79. The predicted octanol–water partition coefficient (Wildman–Crippen LogP) is 3.49. The lowest BCUT2D eigenvalue weighted by Gasteiger charge is -2.64. The van der Waals surface area contributed by atoms with Crippen LogP contribution in [0.4, 0.5) is 0 Å². The highest BCUT2D eigenvalue weighted by molar-refractivity contribution is 5.75. The Labute approximate surface area is 206 Å². The number of esters is 3. The van der Waals surface area contributed by atoms with Crippen LogP contribution in [0.5, 0.6) is 0 Å². The molecule has 0 amide bonds. The van der Waals surface area contributed by atoms with Gasteiger partial charge in [-0.05, 0) is 56.3 Å². The Hall–Kier alpha value is -2.63. The van der Waals surface area contributed by atoms with E-state index in [9.17, 15) is 29.5 Å². The van der Waals surface area contributed by atoms with Crippen LogP contribution in [0.25, 0.3) is 0 Å². The minimum Gasteiger partial charge on any atom is -0.481 e. The third-order valence-electron chi connectivity index (χ3n) is 9.32. The number of hydrogen-bond donors (Lipinski definition) is 1. The highest BCUT2D eigenvalue weighted by Crippen LogP contribution is 2.65. The van der Waals surface area contributed by atoms with Crippen LogP contribution in [0.2, 0.25) is 0 Å². The lowest BCUT2D eigenvalue weighted by atomic mass is 9.42. The average Bonchev–Trinajstić information content (AvgIpc) is 2.75. The van der Waals surface area contributed by atoms with Crippen LogP contribution in [0.1, 0.15) is 73.6 Å². The molecule has 0 saturated heterocycles. The maximum Gasteiger partial charge on any atom is 0.309 e. The quantitative estimate of drug-likeness (QED) is 0.452. The van der Waals surface area contributed by atoms with Crippen molar-refractivity contribution in [3.8, 4) is 6.07 Å². The summed E-state index contributed by atoms with van der Waals surface area (Å²) in [5.74, 6) is -3.22. The van der Waals surface area contributed by atoms with Gasteiger partial charge in [0, 0.05) is 38.5 Å². The molecule has 9 nitrogen and oxygen atoms in total. The number of carbonyl (C=O) groups excluding carboxylic acids is 3. The summed E-state index contributed by atoms with van der Waals surface area (Å²) in [5, 5.41) is 19.6. The zero-order valence-corrected chi connectivity index (χ0v) is 21.4. The van der Waals surface area contributed by atoms with Crippen molar-refractivity contribution >= 4 is 23.9 Å². The van der Waals surface area contributed by atoms with Gasteiger partial charge in [0.25, 0.3) is 0 Å². The van der Waals surface area contributed by atoms with E-state index in [1.165, 1.54) is 20.8 Å². The SMILES string of the molecule is CC(=O)O[C@@H]1[C@@H](C)[C@@H]2CC[C@@H]3[C@H](CC[C@](C)(C(=O)O)[C@H]3CC#N)[C@@]2(C)[C@@H](OC(C)=O)[C@@H]1OC(C)=O. The molecule has 3 aliphatic carbocycles. The molecular formula is C26H37NO8. The molecule has 0 aromatic heterocycles. The first kappa shape index (κ1) is 27.0. The largest absolute Gasteiger partial charge is 0.481 e. The van der Waals surface area contributed by atoms with Gasteiger partial charge in [0.1, 0.15) is 12.2 Å². The van der Waals surface area contributed by atoms with E-state index in [0.29, 0.717) is 19.3 Å². The summed E-state index contributed by atoms with van der Waals surface area (Å²) in [6, 6.07) is 2.21. The van der Waals surface area contributed by atoms with Gasteiger partial charge in [-0.3, -0.25) is 19.2 Å². The fourth-order valence-corrected chi connectivity index (χ4v) is 7.85. The van der Waals surface area contributed by atoms with Crippen LogP contribution in [0.15, 0.2) is 0 Å². The van der Waals surface area contributed by atoms with Crippen molar-refractivity contribution in [1.82, 2.24) is 0 Å². The average molecular weight is 492 g/mol. The van der Waals surface area contributed by atoms with Crippen molar-refractivity contribution in [2.24, 2.45) is 40.4 Å². The second-order valence-corrected chi connectivity index (χ2v) is 11.1. The zero-order valence-electron chi connectivity index (χ0n) is 21.4. The summed E-state index contributed by atoms with van der Waals surface area (Å²) in [5.41, 5.74) is -1.69. The van der Waals surface area contributed by atoms with Crippen molar-refractivity contribution < 1.29 is 38.5 Å². The van der Waals surface area contributed by atoms with E-state index in [1.807, 2.05) is 13.8 Å². The Morgan fingerprint density at radius 1 is 0.914 bits per heavy atom. The number of carboxylic acid groups (broad SMARTS) is 1. The van der Waals surface area contributed by atoms with Crippen LogP contribution in [-0.4, -0.2) is 47.3 Å². The molecule has 0 heterocycles. The summed E-state index contributed by atoms with van der Waals surface area (Å²) in [6.45, 7) is 9.58. The number of ether oxygens (including phenoxy) is 3. The number of hydrogen-bond acceptors (Lipinski definition) is 8. The van der Waals surface area contributed by atoms with Crippen molar-refractivity contribution in [1.29, 1.82) is 5.26 Å². The molecule has 3 aliphatic rings. The molecule has 35 heavy (non-hydrogen) atoms. The van der Waals surface area contributed by atoms with Gasteiger partial charge in [-0.25, -0.2) is 0 Å². The maximum atomic E-state index is 12.3. The molecule has 10 atom stereocenters. The first-order valence-electron chi connectivity index (χ1n) is 12.4. The van der Waals surface area contributed by atoms with Gasteiger partial charge < -0.3 is 19.3 Å². The van der Waals surface area contributed by atoms with Crippen LogP contribution in [-0.2, 0) is 33.4 Å². The number of nitrogens with zero attached hydrogens (tertiary/aromatic N) is 1. The Morgan fingerprint density at radius 2 is 1.49 bits per heavy atom. The summed E-state index contributed by atoms with van der Waals surface area (Å²) in [7, 11) is 0. The van der Waals surface area contributed by atoms with Crippen molar-refractivity contribution in [3.05, 3.63) is 0 Å². The normalized spacial score (nSPS) is 42.4. The Bertz CT molecular complexity index is 927. The lowest BCUT2D eigenvalue weighted by Crippen LogP contribution is -2.69. The first-order chi connectivity index (χ1) is 16.3. The topological polar surface area (TPSA) is 140 Å². The number of aliphatic carboxylic acids is 1. The van der Waals surface area contributed by atoms with Crippen molar-refractivity contribution in [2.45, 2.75) is 92.0 Å². The smallest absolute Gasteiger partial charge is 0.309 e. The number of nitriles is 1. The molecule has 0 bridgehead atoms. The summed E-state index contributed by atoms with van der Waals surface area (Å²) >= 11 is 0. The molecule has 0 spiro atoms. The predicted molar refractivity (Wildman–Crippen MR) is 122 cm³/mol. The standard InChI is InChI=1S/C26H37NO8/c1-13-18-8-7-17-19(10-12-27)25(5,24(31)32)11-9-20(17)26(18,6)23(35-16(4)30)22(34-15(3)29)21(13)33-14(2)28/h13,17-23H,7-11H2,1-6H3,(H,31,32)/t13-,17-,18-,19-,20-,21+,22+,23-,25-,26-/m0/s1. The molecule has 3 saturated carbocycles. The molecule has 9 heteroatoms. The van der Waals surface area contributed by atoms with Gasteiger partial charge in [-0.15, -0.1) is 0 Å². The van der Waals surface area contributed by atoms with E-state index in [2.05, 4.69) is 6.07 Å². The van der Waals surface area contributed by atoms with E-state index < -0.39 is 53.0 Å². The monoisotopic (exact) mass is 491 g/mol. The van der Waals surface area contributed by atoms with Gasteiger partial charge in [0.15, 0.2) is 6.10 Å². The van der Waals surface area contributed by atoms with E-state index in [0.717, 1.165) is 6.42 Å². The van der Waals surface area contributed by atoms with Crippen LogP contribution in [0.3, 0.4) is 0 Å². The second-order valence-electron chi connectivity index (χ2n) is 11.1. The van der Waals surface area contributed by atoms with Gasteiger partial charge in [-0.1, -0.05) is 13.8 Å². The highest BCUT2D eigenvalue weighted by atomic mass is 16.6. The van der Waals surface area contributed by atoms with E-state index in [4.69, 9.17) is 14.2 Å². The van der Waals surface area contributed by atoms with Gasteiger partial charge in [0.2, 0.25) is 0 Å². The summed E-state index contributed by atoms with van der Waals surface area (Å²) < 4.78 is 17.2. The number of rotatable bonds is 5. The first-order valence-corrected chi connectivity index (χ1v) is 12.4. The fraction of sp³-hybridized carbons (Fsp3) is 0.808. The molecule has 3 rings (SSSR count). The Kier molecular flexibility index (Phi) is 7.54. The highest BCUT2D eigenvalue weighted by Gasteiger charge is 2.67. The molecule has 1 N–H and O–H groups in total. The summed E-state index contributed by atoms with van der Waals surface area (Å²) in [6.07, 6.45) is -0.124. The Morgan fingerprint density at radius 3 is 2.00 bits per heavy atom. The maximum absolute atomic E-state index is 12.3. The minimum atomic E-state index is -1.02. The fourth-order valence-electron chi connectivity index (χ4n) is 7.85. The van der Waals surface area contributed by atoms with Crippen LogP contribution in [0, 0.1) is 51.8 Å². The van der Waals surface area contributed by atoms with Crippen molar-refractivity contribution in [3.63, 3.8) is 0 Å². The number of carbonyl (C=O) groups is 4. The van der Waals surface area contributed by atoms with Crippen LogP contribution < -0.4 is 0 Å². The summed E-state index contributed by atoms with van der Waals surface area (Å²) in [4.78, 5) is 48.7. The molecule has 0 radical (unpaired) electrons. The van der Waals surface area contributed by atoms with Gasteiger partial charge in [-0.2, -0.15) is 5.26 Å². The molecular weight excluding hydrogens is 454 g/mol. The molecule has 194 valence electrons. The van der Waals surface area contributed by atoms with E-state index in [-0.39, 0.29) is 36.0 Å². The third kappa shape index (κ3) is 4.52. The van der Waals surface area contributed by atoms with E-state index >= 15 is 0 Å². The molecule has 0 aliphatic heterocycles. The molecule has 3 fully saturated rings. The van der Waals surface area contributed by atoms with Crippen molar-refractivity contribution in [2.75, 3.05) is 0 Å². The van der Waals surface area contributed by atoms with E-state index in [1.54, 1.807) is 6.92 Å². The number of carboxylic acids is 1. The third-order valence-corrected chi connectivity index (χ3v) is 9.32. The number of fused-ring (bicyclic) bond motifs is 3. The van der Waals surface area contributed by atoms with Crippen LogP contribution >= 0.6 is 0 Å².